The van der Waals surface area contributed by atoms with Crippen LogP contribution in [0.15, 0.2) is 18.2 Å². The molecule has 0 aromatic heterocycles. The highest BCUT2D eigenvalue weighted by Crippen LogP contribution is 2.18. The molecule has 0 saturated carbocycles. The van der Waals surface area contributed by atoms with Crippen molar-refractivity contribution in [3.8, 4) is 0 Å². The summed E-state index contributed by atoms with van der Waals surface area (Å²) in [6.07, 6.45) is 0. The van der Waals surface area contributed by atoms with Gasteiger partial charge in [-0.1, -0.05) is 33.6 Å². The Labute approximate surface area is 110 Å². The van der Waals surface area contributed by atoms with E-state index < -0.39 is 0 Å². The third kappa shape index (κ3) is 4.04. The van der Waals surface area contributed by atoms with E-state index in [-0.39, 0.29) is 10.8 Å². The predicted molar refractivity (Wildman–Crippen MR) is 70.8 cm³/mol. The Balaban J connectivity index is 2.73. The van der Waals surface area contributed by atoms with Gasteiger partial charge in [0.2, 0.25) is 0 Å². The quantitative estimate of drug-likeness (QED) is 0.741. The van der Waals surface area contributed by atoms with Crippen LogP contribution >= 0.6 is 27.5 Å². The fourth-order valence-electron chi connectivity index (χ4n) is 1.50. The Morgan fingerprint density at radius 2 is 2.12 bits per heavy atom. The second-order valence-electron chi connectivity index (χ2n) is 4.00. The van der Waals surface area contributed by atoms with Gasteiger partial charge < -0.3 is 0 Å². The lowest BCUT2D eigenvalue weighted by molar-refractivity contribution is 0.227. The summed E-state index contributed by atoms with van der Waals surface area (Å²) in [5.41, 5.74) is 1.04. The first-order valence-corrected chi connectivity index (χ1v) is 6.78. The second kappa shape index (κ2) is 6.58. The Hall–Kier alpha value is -0.120. The molecular formula is C12H16BrClFN. The van der Waals surface area contributed by atoms with Crippen LogP contribution in [0.25, 0.3) is 0 Å². The molecule has 0 fully saturated rings. The average Bonchev–Trinajstić information content (AvgIpc) is 2.22. The van der Waals surface area contributed by atoms with Crippen molar-refractivity contribution in [3.63, 3.8) is 0 Å². The fraction of sp³-hybridized carbons (Fsp3) is 0.500. The smallest absolute Gasteiger partial charge is 0.141 e. The van der Waals surface area contributed by atoms with E-state index >= 15 is 0 Å². The summed E-state index contributed by atoms with van der Waals surface area (Å²) in [5, 5.41) is 1.13. The van der Waals surface area contributed by atoms with Crippen molar-refractivity contribution in [1.82, 2.24) is 4.90 Å². The van der Waals surface area contributed by atoms with Gasteiger partial charge in [0.25, 0.3) is 0 Å². The highest BCUT2D eigenvalue weighted by atomic mass is 79.9. The molecule has 0 N–H and O–H groups in total. The number of hydrogen-bond donors (Lipinski definition) is 0. The molecule has 0 aliphatic heterocycles. The van der Waals surface area contributed by atoms with Gasteiger partial charge in [-0.05, 0) is 31.5 Å². The van der Waals surface area contributed by atoms with Gasteiger partial charge in [0, 0.05) is 24.5 Å². The molecule has 1 nitrogen and oxygen atoms in total. The third-order valence-electron chi connectivity index (χ3n) is 2.47. The number of rotatable bonds is 5. The maximum Gasteiger partial charge on any atom is 0.141 e. The zero-order chi connectivity index (χ0) is 12.1. The van der Waals surface area contributed by atoms with Crippen LogP contribution in [0.5, 0.6) is 0 Å². The normalized spacial score (nSPS) is 11.4. The topological polar surface area (TPSA) is 3.24 Å². The molecule has 0 aliphatic rings. The largest absolute Gasteiger partial charge is 0.296 e. The monoisotopic (exact) mass is 307 g/mol. The molecule has 0 atom stereocenters. The molecule has 0 bridgehead atoms. The van der Waals surface area contributed by atoms with Gasteiger partial charge in [0.15, 0.2) is 0 Å². The minimum atomic E-state index is -0.359. The van der Waals surface area contributed by atoms with Crippen LogP contribution in [-0.2, 0) is 6.54 Å². The van der Waals surface area contributed by atoms with Gasteiger partial charge in [-0.25, -0.2) is 4.39 Å². The molecule has 1 rings (SSSR count). The molecular weight excluding hydrogens is 292 g/mol. The second-order valence-corrected chi connectivity index (χ2v) is 5.20. The van der Waals surface area contributed by atoms with E-state index in [0.29, 0.717) is 6.04 Å². The van der Waals surface area contributed by atoms with Gasteiger partial charge >= 0.3 is 0 Å². The minimum absolute atomic E-state index is 0.194. The molecule has 0 radical (unpaired) electrons. The Kier molecular flexibility index (Phi) is 5.73. The van der Waals surface area contributed by atoms with Crippen LogP contribution in [0.1, 0.15) is 19.4 Å². The number of hydrogen-bond acceptors (Lipinski definition) is 1. The van der Waals surface area contributed by atoms with E-state index in [9.17, 15) is 4.39 Å². The van der Waals surface area contributed by atoms with E-state index in [0.717, 1.165) is 24.0 Å². The first-order chi connectivity index (χ1) is 7.54. The number of benzene rings is 1. The molecule has 0 spiro atoms. The molecule has 0 heterocycles. The van der Waals surface area contributed by atoms with Crippen molar-refractivity contribution < 1.29 is 4.39 Å². The predicted octanol–water partition coefficient (Wildman–Crippen LogP) is 4.08. The van der Waals surface area contributed by atoms with Gasteiger partial charge in [-0.2, -0.15) is 0 Å². The molecule has 0 unspecified atom stereocenters. The van der Waals surface area contributed by atoms with Crippen LogP contribution in [0.3, 0.4) is 0 Å². The van der Waals surface area contributed by atoms with Gasteiger partial charge in [-0.15, -0.1) is 0 Å². The lowest BCUT2D eigenvalue weighted by Crippen LogP contribution is -2.31. The lowest BCUT2D eigenvalue weighted by atomic mass is 10.2. The minimum Gasteiger partial charge on any atom is -0.296 e. The van der Waals surface area contributed by atoms with E-state index in [1.165, 1.54) is 6.07 Å². The molecule has 4 heteroatoms. The summed E-state index contributed by atoms with van der Waals surface area (Å²) < 4.78 is 13.0. The summed E-state index contributed by atoms with van der Waals surface area (Å²) in [6, 6.07) is 5.36. The number of halogens is 3. The Bertz CT molecular complexity index is 344. The summed E-state index contributed by atoms with van der Waals surface area (Å²) >= 11 is 9.18. The lowest BCUT2D eigenvalue weighted by Gasteiger charge is -2.25. The van der Waals surface area contributed by atoms with E-state index in [1.54, 1.807) is 12.1 Å². The SMILES string of the molecule is CC(C)N(CCBr)Cc1ccc(F)c(Cl)c1. The van der Waals surface area contributed by atoms with Crippen molar-refractivity contribution in [2.24, 2.45) is 0 Å². The van der Waals surface area contributed by atoms with Crippen LogP contribution in [0.2, 0.25) is 5.02 Å². The van der Waals surface area contributed by atoms with Gasteiger partial charge in [0.05, 0.1) is 5.02 Å². The summed E-state index contributed by atoms with van der Waals surface area (Å²) in [6.45, 7) is 6.05. The van der Waals surface area contributed by atoms with Crippen molar-refractivity contribution in [1.29, 1.82) is 0 Å². The highest BCUT2D eigenvalue weighted by molar-refractivity contribution is 9.09. The third-order valence-corrected chi connectivity index (χ3v) is 3.12. The molecule has 1 aromatic carbocycles. The Morgan fingerprint density at radius 1 is 1.44 bits per heavy atom. The highest BCUT2D eigenvalue weighted by Gasteiger charge is 2.10. The van der Waals surface area contributed by atoms with Crippen LogP contribution < -0.4 is 0 Å². The van der Waals surface area contributed by atoms with E-state index in [2.05, 4.69) is 34.7 Å². The zero-order valence-electron chi connectivity index (χ0n) is 9.51. The molecule has 16 heavy (non-hydrogen) atoms. The molecule has 90 valence electrons. The van der Waals surface area contributed by atoms with Gasteiger partial charge in [-0.3, -0.25) is 4.90 Å². The van der Waals surface area contributed by atoms with Crippen molar-refractivity contribution in [2.45, 2.75) is 26.4 Å². The fourth-order valence-corrected chi connectivity index (χ4v) is 2.16. The standard InChI is InChI=1S/C12H16BrClFN/c1-9(2)16(6-5-13)8-10-3-4-12(15)11(14)7-10/h3-4,7,9H,5-6,8H2,1-2H3. The zero-order valence-corrected chi connectivity index (χ0v) is 11.9. The molecule has 0 aliphatic carbocycles. The van der Waals surface area contributed by atoms with Crippen LogP contribution in [0, 0.1) is 5.82 Å². The van der Waals surface area contributed by atoms with Gasteiger partial charge in [0.1, 0.15) is 5.82 Å². The summed E-state index contributed by atoms with van der Waals surface area (Å²) in [7, 11) is 0. The van der Waals surface area contributed by atoms with Crippen molar-refractivity contribution >= 4 is 27.5 Å². The van der Waals surface area contributed by atoms with Crippen molar-refractivity contribution in [3.05, 3.63) is 34.6 Å². The van der Waals surface area contributed by atoms with E-state index in [4.69, 9.17) is 11.6 Å². The summed E-state index contributed by atoms with van der Waals surface area (Å²) in [4.78, 5) is 2.30. The van der Waals surface area contributed by atoms with Crippen molar-refractivity contribution in [2.75, 3.05) is 11.9 Å². The van der Waals surface area contributed by atoms with E-state index in [1.807, 2.05) is 0 Å². The Morgan fingerprint density at radius 3 is 2.62 bits per heavy atom. The average molecular weight is 309 g/mol. The summed E-state index contributed by atoms with van der Waals surface area (Å²) in [5.74, 6) is -0.359. The maximum absolute atomic E-state index is 13.0. The molecule has 0 amide bonds. The number of alkyl halides is 1. The first kappa shape index (κ1) is 13.9. The van der Waals surface area contributed by atoms with Crippen LogP contribution in [0.4, 0.5) is 4.39 Å². The van der Waals surface area contributed by atoms with Crippen LogP contribution in [-0.4, -0.2) is 22.8 Å². The molecule has 1 aromatic rings. The number of nitrogens with zero attached hydrogens (tertiary/aromatic N) is 1. The first-order valence-electron chi connectivity index (χ1n) is 5.28. The maximum atomic E-state index is 13.0. The molecule has 0 saturated heterocycles.